The molecule has 0 N–H and O–H groups in total. The highest BCUT2D eigenvalue weighted by Gasteiger charge is 2.21. The third-order valence-electron chi connectivity index (χ3n) is 4.22. The van der Waals surface area contributed by atoms with Gasteiger partial charge in [-0.25, -0.2) is 0 Å². The fraction of sp³-hybridized carbons (Fsp3) is 0.625. The second-order valence-corrected chi connectivity index (χ2v) is 6.23. The Kier molecular flexibility index (Phi) is 5.86. The topological polar surface area (TPSA) is 6.48 Å². The summed E-state index contributed by atoms with van der Waals surface area (Å²) in [5.74, 6) is 0. The summed E-state index contributed by atoms with van der Waals surface area (Å²) in [4.78, 5) is 5.23. The molecule has 2 rings (SSSR count). The zero-order valence-electron chi connectivity index (χ0n) is 12.1. The second kappa shape index (κ2) is 7.41. The van der Waals surface area contributed by atoms with Crippen molar-refractivity contribution >= 4 is 15.9 Å². The number of benzene rings is 1. The van der Waals surface area contributed by atoms with Gasteiger partial charge in [-0.05, 0) is 24.5 Å². The van der Waals surface area contributed by atoms with E-state index in [0.717, 1.165) is 12.6 Å². The molecule has 1 aromatic rings. The lowest BCUT2D eigenvalue weighted by atomic mass is 10.1. The first-order valence-corrected chi connectivity index (χ1v) is 8.23. The lowest BCUT2D eigenvalue weighted by Crippen LogP contribution is -2.49. The first kappa shape index (κ1) is 15.0. The van der Waals surface area contributed by atoms with Crippen LogP contribution in [0.3, 0.4) is 0 Å². The minimum atomic E-state index is 0.783. The monoisotopic (exact) mass is 324 g/mol. The SMILES string of the molecule is CCC(CC)N1CCN(Cc2ccccc2Br)CC1. The summed E-state index contributed by atoms with van der Waals surface area (Å²) in [6, 6.07) is 9.34. The Balaban J connectivity index is 1.85. The highest BCUT2D eigenvalue weighted by atomic mass is 79.9. The molecular weight excluding hydrogens is 300 g/mol. The van der Waals surface area contributed by atoms with Gasteiger partial charge in [0.1, 0.15) is 0 Å². The molecule has 0 amide bonds. The maximum absolute atomic E-state index is 3.64. The van der Waals surface area contributed by atoms with Gasteiger partial charge < -0.3 is 0 Å². The van der Waals surface area contributed by atoms with E-state index in [1.807, 2.05) is 0 Å². The predicted molar refractivity (Wildman–Crippen MR) is 85.4 cm³/mol. The minimum absolute atomic E-state index is 0.783. The van der Waals surface area contributed by atoms with Crippen molar-refractivity contribution in [3.05, 3.63) is 34.3 Å². The quantitative estimate of drug-likeness (QED) is 0.813. The van der Waals surface area contributed by atoms with Crippen molar-refractivity contribution in [2.75, 3.05) is 26.2 Å². The van der Waals surface area contributed by atoms with Gasteiger partial charge in [0.25, 0.3) is 0 Å². The number of hydrogen-bond donors (Lipinski definition) is 0. The molecular formula is C16H25BrN2. The Labute approximate surface area is 125 Å². The van der Waals surface area contributed by atoms with Gasteiger partial charge in [-0.2, -0.15) is 0 Å². The molecule has 2 nitrogen and oxygen atoms in total. The van der Waals surface area contributed by atoms with Crippen molar-refractivity contribution in [1.82, 2.24) is 9.80 Å². The highest BCUT2D eigenvalue weighted by molar-refractivity contribution is 9.10. The van der Waals surface area contributed by atoms with Crippen LogP contribution in [0.5, 0.6) is 0 Å². The lowest BCUT2D eigenvalue weighted by molar-refractivity contribution is 0.0880. The normalized spacial score (nSPS) is 18.1. The van der Waals surface area contributed by atoms with E-state index in [9.17, 15) is 0 Å². The summed E-state index contributed by atoms with van der Waals surface area (Å²) in [6.07, 6.45) is 2.56. The summed E-state index contributed by atoms with van der Waals surface area (Å²) in [5.41, 5.74) is 1.40. The Morgan fingerprint density at radius 2 is 1.68 bits per heavy atom. The molecule has 3 heteroatoms. The van der Waals surface area contributed by atoms with Gasteiger partial charge >= 0.3 is 0 Å². The molecule has 1 heterocycles. The van der Waals surface area contributed by atoms with Crippen LogP contribution in [-0.4, -0.2) is 42.0 Å². The Morgan fingerprint density at radius 1 is 1.05 bits per heavy atom. The van der Waals surface area contributed by atoms with E-state index in [1.165, 1.54) is 49.1 Å². The molecule has 19 heavy (non-hydrogen) atoms. The molecule has 0 spiro atoms. The van der Waals surface area contributed by atoms with Crippen LogP contribution in [0.4, 0.5) is 0 Å². The molecule has 0 aliphatic carbocycles. The molecule has 1 fully saturated rings. The second-order valence-electron chi connectivity index (χ2n) is 5.37. The van der Waals surface area contributed by atoms with E-state index in [1.54, 1.807) is 0 Å². The maximum atomic E-state index is 3.64. The number of nitrogens with zero attached hydrogens (tertiary/aromatic N) is 2. The molecule has 0 unspecified atom stereocenters. The first-order chi connectivity index (χ1) is 9.24. The van der Waals surface area contributed by atoms with Crippen molar-refractivity contribution in [2.24, 2.45) is 0 Å². The Bertz CT molecular complexity index is 382. The van der Waals surface area contributed by atoms with Crippen molar-refractivity contribution in [3.8, 4) is 0 Å². The van der Waals surface area contributed by atoms with Crippen LogP contribution in [0.2, 0.25) is 0 Å². The summed E-state index contributed by atoms with van der Waals surface area (Å²) < 4.78 is 1.23. The van der Waals surface area contributed by atoms with E-state index in [4.69, 9.17) is 0 Å². The summed E-state index contributed by atoms with van der Waals surface area (Å²) in [5, 5.41) is 0. The van der Waals surface area contributed by atoms with E-state index in [2.05, 4.69) is 63.8 Å². The van der Waals surface area contributed by atoms with E-state index in [0.29, 0.717) is 0 Å². The predicted octanol–water partition coefficient (Wildman–Crippen LogP) is 3.76. The van der Waals surface area contributed by atoms with Crippen LogP contribution >= 0.6 is 15.9 Å². The van der Waals surface area contributed by atoms with Crippen molar-refractivity contribution < 1.29 is 0 Å². The maximum Gasteiger partial charge on any atom is 0.0246 e. The van der Waals surface area contributed by atoms with Crippen LogP contribution < -0.4 is 0 Å². The molecule has 1 aliphatic heterocycles. The molecule has 1 aliphatic rings. The minimum Gasteiger partial charge on any atom is -0.298 e. The lowest BCUT2D eigenvalue weighted by Gasteiger charge is -2.39. The Morgan fingerprint density at radius 3 is 2.26 bits per heavy atom. The smallest absolute Gasteiger partial charge is 0.0246 e. The van der Waals surface area contributed by atoms with Crippen molar-refractivity contribution in [3.63, 3.8) is 0 Å². The molecule has 0 saturated carbocycles. The fourth-order valence-electron chi connectivity index (χ4n) is 2.96. The number of piperazine rings is 1. The molecule has 106 valence electrons. The number of halogens is 1. The van der Waals surface area contributed by atoms with E-state index in [-0.39, 0.29) is 0 Å². The average Bonchev–Trinajstić information content (AvgIpc) is 2.44. The van der Waals surface area contributed by atoms with E-state index < -0.39 is 0 Å². The van der Waals surface area contributed by atoms with Crippen LogP contribution in [0.15, 0.2) is 28.7 Å². The van der Waals surface area contributed by atoms with Crippen molar-refractivity contribution in [1.29, 1.82) is 0 Å². The van der Waals surface area contributed by atoms with Crippen molar-refractivity contribution in [2.45, 2.75) is 39.3 Å². The first-order valence-electron chi connectivity index (χ1n) is 7.44. The third kappa shape index (κ3) is 4.04. The summed E-state index contributed by atoms with van der Waals surface area (Å²) >= 11 is 3.64. The largest absolute Gasteiger partial charge is 0.298 e. The molecule has 1 aromatic carbocycles. The van der Waals surface area contributed by atoms with Gasteiger partial charge in [-0.3, -0.25) is 9.80 Å². The standard InChI is InChI=1S/C16H25BrN2/c1-3-15(4-2)19-11-9-18(10-12-19)13-14-7-5-6-8-16(14)17/h5-8,15H,3-4,9-13H2,1-2H3. The van der Waals surface area contributed by atoms with Crippen LogP contribution in [-0.2, 0) is 6.54 Å². The molecule has 0 aromatic heterocycles. The number of hydrogen-bond acceptors (Lipinski definition) is 2. The van der Waals surface area contributed by atoms with Crippen LogP contribution in [0.1, 0.15) is 32.3 Å². The molecule has 0 bridgehead atoms. The number of rotatable bonds is 5. The van der Waals surface area contributed by atoms with Crippen LogP contribution in [0.25, 0.3) is 0 Å². The summed E-state index contributed by atoms with van der Waals surface area (Å²) in [6.45, 7) is 10.5. The molecule has 0 atom stereocenters. The summed E-state index contributed by atoms with van der Waals surface area (Å²) in [7, 11) is 0. The van der Waals surface area contributed by atoms with Gasteiger partial charge in [-0.1, -0.05) is 48.0 Å². The van der Waals surface area contributed by atoms with Gasteiger partial charge in [0.2, 0.25) is 0 Å². The fourth-order valence-corrected chi connectivity index (χ4v) is 3.37. The zero-order valence-corrected chi connectivity index (χ0v) is 13.7. The van der Waals surface area contributed by atoms with Crippen LogP contribution in [0, 0.1) is 0 Å². The third-order valence-corrected chi connectivity index (χ3v) is 4.99. The van der Waals surface area contributed by atoms with Gasteiger partial charge in [0.15, 0.2) is 0 Å². The average molecular weight is 325 g/mol. The molecule has 0 radical (unpaired) electrons. The van der Waals surface area contributed by atoms with E-state index >= 15 is 0 Å². The zero-order chi connectivity index (χ0) is 13.7. The van der Waals surface area contributed by atoms with Gasteiger partial charge in [-0.15, -0.1) is 0 Å². The van der Waals surface area contributed by atoms with Gasteiger partial charge in [0, 0.05) is 43.2 Å². The highest BCUT2D eigenvalue weighted by Crippen LogP contribution is 2.19. The molecule has 1 saturated heterocycles. The van der Waals surface area contributed by atoms with Gasteiger partial charge in [0.05, 0.1) is 0 Å². The Hall–Kier alpha value is -0.380.